The van der Waals surface area contributed by atoms with E-state index in [1.807, 2.05) is 6.07 Å². The van der Waals surface area contributed by atoms with Gasteiger partial charge in [-0.15, -0.1) is 5.10 Å². The van der Waals surface area contributed by atoms with E-state index < -0.39 is 0 Å². The Morgan fingerprint density at radius 3 is 2.79 bits per heavy atom. The first-order chi connectivity index (χ1) is 9.31. The Hall–Kier alpha value is -1.91. The van der Waals surface area contributed by atoms with E-state index in [0.717, 1.165) is 23.5 Å². The SMILES string of the molecule is CCCCCCNc1ccc(-n2cnnn2)c(C)c1. The van der Waals surface area contributed by atoms with Crippen LogP contribution in [0.15, 0.2) is 24.5 Å². The highest BCUT2D eigenvalue weighted by molar-refractivity contribution is 5.53. The third kappa shape index (κ3) is 3.77. The van der Waals surface area contributed by atoms with Gasteiger partial charge >= 0.3 is 0 Å². The third-order valence-electron chi connectivity index (χ3n) is 3.15. The molecule has 0 radical (unpaired) electrons. The number of nitrogens with one attached hydrogen (secondary N) is 1. The first-order valence-electron chi connectivity index (χ1n) is 6.89. The Bertz CT molecular complexity index is 493. The smallest absolute Gasteiger partial charge is 0.143 e. The largest absolute Gasteiger partial charge is 0.385 e. The second-order valence-electron chi connectivity index (χ2n) is 4.74. The Morgan fingerprint density at radius 2 is 2.11 bits per heavy atom. The first-order valence-corrected chi connectivity index (χ1v) is 6.89. The minimum atomic E-state index is 1.02. The average Bonchev–Trinajstić information content (AvgIpc) is 2.92. The van der Waals surface area contributed by atoms with E-state index in [9.17, 15) is 0 Å². The molecule has 0 atom stereocenters. The van der Waals surface area contributed by atoms with Crippen LogP contribution in [0.4, 0.5) is 5.69 Å². The standard InChI is InChI=1S/C14H21N5/c1-3-4-5-6-9-15-13-7-8-14(12(2)10-13)19-11-16-17-18-19/h7-8,10-11,15H,3-6,9H2,1-2H3. The molecule has 1 heterocycles. The number of aryl methyl sites for hydroxylation is 1. The van der Waals surface area contributed by atoms with Crippen LogP contribution in [-0.4, -0.2) is 26.8 Å². The normalized spacial score (nSPS) is 10.6. The highest BCUT2D eigenvalue weighted by Crippen LogP contribution is 2.17. The maximum atomic E-state index is 3.91. The number of benzene rings is 1. The molecule has 2 aromatic rings. The zero-order valence-electron chi connectivity index (χ0n) is 11.6. The molecule has 0 amide bonds. The molecule has 0 spiro atoms. The van der Waals surface area contributed by atoms with Gasteiger partial charge in [0.2, 0.25) is 0 Å². The van der Waals surface area contributed by atoms with E-state index in [-0.39, 0.29) is 0 Å². The van der Waals surface area contributed by atoms with Crippen molar-refractivity contribution in [1.29, 1.82) is 0 Å². The van der Waals surface area contributed by atoms with Crippen molar-refractivity contribution in [2.24, 2.45) is 0 Å². The summed E-state index contributed by atoms with van der Waals surface area (Å²) >= 11 is 0. The second-order valence-corrected chi connectivity index (χ2v) is 4.74. The number of hydrogen-bond donors (Lipinski definition) is 1. The highest BCUT2D eigenvalue weighted by Gasteiger charge is 2.03. The van der Waals surface area contributed by atoms with Crippen LogP contribution in [0.5, 0.6) is 0 Å². The van der Waals surface area contributed by atoms with Gasteiger partial charge in [-0.05, 0) is 47.5 Å². The fourth-order valence-electron chi connectivity index (χ4n) is 2.08. The molecule has 0 aliphatic heterocycles. The lowest BCUT2D eigenvalue weighted by Gasteiger charge is -2.10. The lowest BCUT2D eigenvalue weighted by molar-refractivity contribution is 0.685. The number of aromatic nitrogens is 4. The van der Waals surface area contributed by atoms with Gasteiger partial charge in [0, 0.05) is 12.2 Å². The van der Waals surface area contributed by atoms with Crippen LogP contribution >= 0.6 is 0 Å². The minimum Gasteiger partial charge on any atom is -0.385 e. The van der Waals surface area contributed by atoms with Gasteiger partial charge in [-0.1, -0.05) is 26.2 Å². The zero-order valence-corrected chi connectivity index (χ0v) is 11.6. The summed E-state index contributed by atoms with van der Waals surface area (Å²) in [6.07, 6.45) is 6.73. The molecule has 1 N–H and O–H groups in total. The van der Waals surface area contributed by atoms with Crippen LogP contribution in [0.2, 0.25) is 0 Å². The number of unbranched alkanes of at least 4 members (excludes halogenated alkanes) is 3. The number of tetrazole rings is 1. The number of hydrogen-bond acceptors (Lipinski definition) is 4. The summed E-state index contributed by atoms with van der Waals surface area (Å²) in [7, 11) is 0. The molecule has 0 bridgehead atoms. The van der Waals surface area contributed by atoms with Crippen molar-refractivity contribution in [3.05, 3.63) is 30.1 Å². The van der Waals surface area contributed by atoms with Gasteiger partial charge in [-0.25, -0.2) is 4.68 Å². The summed E-state index contributed by atoms with van der Waals surface area (Å²) in [6, 6.07) is 6.25. The van der Waals surface area contributed by atoms with Gasteiger partial charge in [-0.3, -0.25) is 0 Å². The topological polar surface area (TPSA) is 55.6 Å². The summed E-state index contributed by atoms with van der Waals surface area (Å²) in [6.45, 7) is 5.33. The van der Waals surface area contributed by atoms with Gasteiger partial charge in [0.15, 0.2) is 0 Å². The highest BCUT2D eigenvalue weighted by atomic mass is 15.5. The molecular formula is C14H21N5. The van der Waals surface area contributed by atoms with E-state index in [1.165, 1.54) is 25.7 Å². The van der Waals surface area contributed by atoms with Crippen molar-refractivity contribution in [3.8, 4) is 5.69 Å². The van der Waals surface area contributed by atoms with Crippen molar-refractivity contribution < 1.29 is 0 Å². The van der Waals surface area contributed by atoms with Crippen molar-refractivity contribution >= 4 is 5.69 Å². The second kappa shape index (κ2) is 6.87. The van der Waals surface area contributed by atoms with Gasteiger partial charge in [-0.2, -0.15) is 0 Å². The van der Waals surface area contributed by atoms with Crippen molar-refractivity contribution in [2.45, 2.75) is 39.5 Å². The summed E-state index contributed by atoms with van der Waals surface area (Å²) in [5.41, 5.74) is 3.33. The average molecular weight is 259 g/mol. The molecule has 0 saturated heterocycles. The molecule has 0 aliphatic rings. The van der Waals surface area contributed by atoms with Crippen LogP contribution in [0.25, 0.3) is 5.69 Å². The third-order valence-corrected chi connectivity index (χ3v) is 3.15. The molecule has 0 unspecified atom stereocenters. The van der Waals surface area contributed by atoms with Crippen LogP contribution in [0.3, 0.4) is 0 Å². The quantitative estimate of drug-likeness (QED) is 0.777. The molecule has 1 aromatic heterocycles. The Balaban J connectivity index is 1.92. The molecule has 0 aliphatic carbocycles. The van der Waals surface area contributed by atoms with Gasteiger partial charge in [0.05, 0.1) is 5.69 Å². The van der Waals surface area contributed by atoms with E-state index in [4.69, 9.17) is 0 Å². The Labute approximate surface area is 114 Å². The molecule has 0 saturated carbocycles. The predicted octanol–water partition coefficient (Wildman–Crippen LogP) is 2.96. The summed E-state index contributed by atoms with van der Waals surface area (Å²) in [5.74, 6) is 0. The molecule has 5 heteroatoms. The lowest BCUT2D eigenvalue weighted by Crippen LogP contribution is -2.03. The molecule has 5 nitrogen and oxygen atoms in total. The molecular weight excluding hydrogens is 238 g/mol. The lowest BCUT2D eigenvalue weighted by atomic mass is 10.1. The van der Waals surface area contributed by atoms with Crippen LogP contribution < -0.4 is 5.32 Å². The summed E-state index contributed by atoms with van der Waals surface area (Å²) < 4.78 is 1.68. The number of anilines is 1. The molecule has 0 fully saturated rings. The van der Waals surface area contributed by atoms with Crippen molar-refractivity contribution in [2.75, 3.05) is 11.9 Å². The van der Waals surface area contributed by atoms with E-state index in [2.05, 4.69) is 46.8 Å². The maximum absolute atomic E-state index is 3.91. The fraction of sp³-hybridized carbons (Fsp3) is 0.500. The van der Waals surface area contributed by atoms with Crippen molar-refractivity contribution in [1.82, 2.24) is 20.2 Å². The number of rotatable bonds is 7. The summed E-state index contributed by atoms with van der Waals surface area (Å²) in [4.78, 5) is 0. The van der Waals surface area contributed by atoms with Crippen LogP contribution in [-0.2, 0) is 0 Å². The van der Waals surface area contributed by atoms with Gasteiger partial charge in [0.25, 0.3) is 0 Å². The van der Waals surface area contributed by atoms with Crippen LogP contribution in [0.1, 0.15) is 38.2 Å². The van der Waals surface area contributed by atoms with E-state index in [0.29, 0.717) is 0 Å². The first kappa shape index (κ1) is 13.5. The Kier molecular flexibility index (Phi) is 4.89. The molecule has 1 aromatic carbocycles. The maximum Gasteiger partial charge on any atom is 0.143 e. The monoisotopic (exact) mass is 259 g/mol. The minimum absolute atomic E-state index is 1.02. The molecule has 2 rings (SSSR count). The molecule has 19 heavy (non-hydrogen) atoms. The van der Waals surface area contributed by atoms with E-state index >= 15 is 0 Å². The molecule has 102 valence electrons. The van der Waals surface area contributed by atoms with Gasteiger partial charge in [0.1, 0.15) is 6.33 Å². The zero-order chi connectivity index (χ0) is 13.5. The Morgan fingerprint density at radius 1 is 1.21 bits per heavy atom. The predicted molar refractivity (Wildman–Crippen MR) is 76.5 cm³/mol. The van der Waals surface area contributed by atoms with Crippen LogP contribution in [0, 0.1) is 6.92 Å². The van der Waals surface area contributed by atoms with Gasteiger partial charge < -0.3 is 5.32 Å². The number of nitrogens with zero attached hydrogens (tertiary/aromatic N) is 4. The fourth-order valence-corrected chi connectivity index (χ4v) is 2.08. The van der Waals surface area contributed by atoms with Crippen molar-refractivity contribution in [3.63, 3.8) is 0 Å². The van der Waals surface area contributed by atoms with E-state index in [1.54, 1.807) is 11.0 Å². The summed E-state index contributed by atoms with van der Waals surface area (Å²) in [5, 5.41) is 14.7.